The molecule has 17 heavy (non-hydrogen) atoms. The van der Waals surface area contributed by atoms with E-state index in [1.165, 1.54) is 6.07 Å². The highest BCUT2D eigenvalue weighted by Gasteiger charge is 2.35. The summed E-state index contributed by atoms with van der Waals surface area (Å²) in [5.41, 5.74) is 1.19. The van der Waals surface area contributed by atoms with E-state index < -0.39 is 6.36 Å². The second kappa shape index (κ2) is 3.82. The number of benzene rings is 1. The van der Waals surface area contributed by atoms with E-state index in [1.807, 2.05) is 19.9 Å². The minimum absolute atomic E-state index is 0.133. The minimum atomic E-state index is -4.65. The lowest BCUT2D eigenvalue weighted by atomic mass is 9.78. The fraction of sp³-hybridized carbons (Fsp3) is 0.500. The van der Waals surface area contributed by atoms with E-state index in [0.29, 0.717) is 12.2 Å². The van der Waals surface area contributed by atoms with Gasteiger partial charge in [-0.1, -0.05) is 26.0 Å². The molecule has 1 heterocycles. The Morgan fingerprint density at radius 2 is 2.00 bits per heavy atom. The van der Waals surface area contributed by atoms with Crippen molar-refractivity contribution in [3.05, 3.63) is 23.8 Å². The number of ether oxygens (including phenoxy) is 1. The van der Waals surface area contributed by atoms with E-state index in [0.717, 1.165) is 12.0 Å². The summed E-state index contributed by atoms with van der Waals surface area (Å²) in [4.78, 5) is 0. The van der Waals surface area contributed by atoms with Crippen LogP contribution in [-0.4, -0.2) is 12.9 Å². The fourth-order valence-electron chi connectivity index (χ4n) is 2.12. The third-order valence-electron chi connectivity index (χ3n) is 3.03. The van der Waals surface area contributed by atoms with Gasteiger partial charge in [0.1, 0.15) is 0 Å². The average molecular weight is 245 g/mol. The number of rotatable bonds is 1. The number of fused-ring (bicyclic) bond motifs is 1. The van der Waals surface area contributed by atoms with Gasteiger partial charge < -0.3 is 10.1 Å². The first-order valence-electron chi connectivity index (χ1n) is 5.43. The van der Waals surface area contributed by atoms with Gasteiger partial charge in [-0.25, -0.2) is 0 Å². The highest BCUT2D eigenvalue weighted by molar-refractivity contribution is 5.65. The van der Waals surface area contributed by atoms with Gasteiger partial charge in [0.15, 0.2) is 5.75 Å². The number of halogens is 3. The Labute approximate surface area is 97.8 Å². The van der Waals surface area contributed by atoms with E-state index in [2.05, 4.69) is 10.1 Å². The Kier molecular flexibility index (Phi) is 2.72. The lowest BCUT2D eigenvalue weighted by Crippen LogP contribution is -2.29. The molecule has 0 atom stereocenters. The summed E-state index contributed by atoms with van der Waals surface area (Å²) in [6.45, 7) is 4.69. The molecule has 1 aliphatic rings. The van der Waals surface area contributed by atoms with Crippen LogP contribution in [0.2, 0.25) is 0 Å². The maximum atomic E-state index is 12.3. The van der Waals surface area contributed by atoms with Crippen molar-refractivity contribution in [1.29, 1.82) is 0 Å². The second-order valence-corrected chi connectivity index (χ2v) is 4.79. The number of hydrogen-bond donors (Lipinski definition) is 1. The lowest BCUT2D eigenvalue weighted by Gasteiger charge is -2.34. The maximum Gasteiger partial charge on any atom is 0.573 e. The summed E-state index contributed by atoms with van der Waals surface area (Å²) in [5.74, 6) is -0.150. The van der Waals surface area contributed by atoms with Gasteiger partial charge in [0, 0.05) is 6.54 Å². The molecule has 5 heteroatoms. The Bertz CT molecular complexity index is 426. The fourth-order valence-corrected chi connectivity index (χ4v) is 2.12. The smallest absolute Gasteiger partial charge is 0.404 e. The SMILES string of the molecule is CC1(C)CCNc2c(OC(F)(F)F)cccc21. The molecule has 0 saturated carbocycles. The molecule has 0 unspecified atom stereocenters. The lowest BCUT2D eigenvalue weighted by molar-refractivity contribution is -0.274. The van der Waals surface area contributed by atoms with E-state index in [4.69, 9.17) is 0 Å². The first-order chi connectivity index (χ1) is 7.80. The first kappa shape index (κ1) is 12.1. The van der Waals surface area contributed by atoms with Gasteiger partial charge in [-0.3, -0.25) is 0 Å². The molecule has 1 aliphatic heterocycles. The van der Waals surface area contributed by atoms with Gasteiger partial charge in [-0.05, 0) is 23.5 Å². The molecule has 0 spiro atoms. The van der Waals surface area contributed by atoms with Gasteiger partial charge in [0.25, 0.3) is 0 Å². The summed E-state index contributed by atoms with van der Waals surface area (Å²) in [7, 11) is 0. The third kappa shape index (κ3) is 2.48. The summed E-state index contributed by atoms with van der Waals surface area (Å²) < 4.78 is 40.8. The van der Waals surface area contributed by atoms with Gasteiger partial charge in [0.2, 0.25) is 0 Å². The predicted octanol–water partition coefficient (Wildman–Crippen LogP) is 3.68. The molecule has 1 N–H and O–H groups in total. The van der Waals surface area contributed by atoms with E-state index in [1.54, 1.807) is 6.07 Å². The van der Waals surface area contributed by atoms with E-state index in [-0.39, 0.29) is 11.2 Å². The molecule has 94 valence electrons. The van der Waals surface area contributed by atoms with Gasteiger partial charge >= 0.3 is 6.36 Å². The van der Waals surface area contributed by atoms with Crippen LogP contribution in [0.3, 0.4) is 0 Å². The van der Waals surface area contributed by atoms with Gasteiger partial charge in [-0.15, -0.1) is 13.2 Å². The Hall–Kier alpha value is -1.39. The first-order valence-corrected chi connectivity index (χ1v) is 5.43. The predicted molar refractivity (Wildman–Crippen MR) is 59.3 cm³/mol. The third-order valence-corrected chi connectivity index (χ3v) is 3.03. The van der Waals surface area contributed by atoms with Crippen LogP contribution in [0.25, 0.3) is 0 Å². The van der Waals surface area contributed by atoms with Crippen molar-refractivity contribution < 1.29 is 17.9 Å². The van der Waals surface area contributed by atoms with Crippen LogP contribution in [0.1, 0.15) is 25.8 Å². The summed E-state index contributed by atoms with van der Waals surface area (Å²) >= 11 is 0. The van der Waals surface area contributed by atoms with Crippen LogP contribution in [0, 0.1) is 0 Å². The van der Waals surface area contributed by atoms with Gasteiger partial charge in [-0.2, -0.15) is 0 Å². The molecule has 1 aromatic carbocycles. The molecule has 0 radical (unpaired) electrons. The molecule has 0 bridgehead atoms. The Balaban J connectivity index is 2.43. The highest BCUT2D eigenvalue weighted by atomic mass is 19.4. The van der Waals surface area contributed by atoms with Crippen molar-refractivity contribution in [1.82, 2.24) is 0 Å². The van der Waals surface area contributed by atoms with Crippen LogP contribution in [0.4, 0.5) is 18.9 Å². The number of alkyl halides is 3. The molecule has 2 nitrogen and oxygen atoms in total. The van der Waals surface area contributed by atoms with Crippen molar-refractivity contribution in [3.8, 4) is 5.75 Å². The normalized spacial score (nSPS) is 18.2. The average Bonchev–Trinajstić information content (AvgIpc) is 2.16. The number of para-hydroxylation sites is 1. The van der Waals surface area contributed by atoms with Gasteiger partial charge in [0.05, 0.1) is 5.69 Å². The quantitative estimate of drug-likeness (QED) is 0.814. The van der Waals surface area contributed by atoms with Crippen molar-refractivity contribution in [2.75, 3.05) is 11.9 Å². The molecule has 0 aromatic heterocycles. The Morgan fingerprint density at radius 1 is 1.29 bits per heavy atom. The van der Waals surface area contributed by atoms with Crippen molar-refractivity contribution >= 4 is 5.69 Å². The number of anilines is 1. The van der Waals surface area contributed by atoms with Crippen molar-refractivity contribution in [3.63, 3.8) is 0 Å². The van der Waals surface area contributed by atoms with Crippen LogP contribution < -0.4 is 10.1 Å². The molecule has 2 rings (SSSR count). The highest BCUT2D eigenvalue weighted by Crippen LogP contribution is 2.42. The summed E-state index contributed by atoms with van der Waals surface area (Å²) in [6, 6.07) is 4.76. The zero-order chi connectivity index (χ0) is 12.7. The summed E-state index contributed by atoms with van der Waals surface area (Å²) in [6.07, 6.45) is -3.77. The van der Waals surface area contributed by atoms with Crippen molar-refractivity contribution in [2.24, 2.45) is 0 Å². The molecule has 0 amide bonds. The topological polar surface area (TPSA) is 21.3 Å². The number of nitrogens with one attached hydrogen (secondary N) is 1. The molecular weight excluding hydrogens is 231 g/mol. The zero-order valence-corrected chi connectivity index (χ0v) is 9.69. The zero-order valence-electron chi connectivity index (χ0n) is 9.69. The summed E-state index contributed by atoms with van der Waals surface area (Å²) in [5, 5.41) is 2.98. The standard InChI is InChI=1S/C12H14F3NO/c1-11(2)6-7-16-10-8(11)4-3-5-9(10)17-12(13,14)15/h3-5,16H,6-7H2,1-2H3. The van der Waals surface area contributed by atoms with Crippen LogP contribution in [0.5, 0.6) is 5.75 Å². The minimum Gasteiger partial charge on any atom is -0.404 e. The molecule has 0 fully saturated rings. The van der Waals surface area contributed by atoms with Crippen LogP contribution >= 0.6 is 0 Å². The second-order valence-electron chi connectivity index (χ2n) is 4.79. The van der Waals surface area contributed by atoms with Crippen molar-refractivity contribution in [2.45, 2.75) is 32.0 Å². The largest absolute Gasteiger partial charge is 0.573 e. The Morgan fingerprint density at radius 3 is 2.65 bits per heavy atom. The maximum absolute atomic E-state index is 12.3. The van der Waals surface area contributed by atoms with E-state index in [9.17, 15) is 13.2 Å². The molecule has 1 aromatic rings. The van der Waals surface area contributed by atoms with Crippen LogP contribution in [-0.2, 0) is 5.41 Å². The van der Waals surface area contributed by atoms with E-state index >= 15 is 0 Å². The van der Waals surface area contributed by atoms with Crippen LogP contribution in [0.15, 0.2) is 18.2 Å². The number of hydrogen-bond acceptors (Lipinski definition) is 2. The molecule has 0 saturated heterocycles. The molecular formula is C12H14F3NO. The molecule has 0 aliphatic carbocycles. The monoisotopic (exact) mass is 245 g/mol.